The number of benzene rings is 1. The summed E-state index contributed by atoms with van der Waals surface area (Å²) in [5.74, 6) is -0.244. The van der Waals surface area contributed by atoms with Crippen LogP contribution in [0.3, 0.4) is 0 Å². The van der Waals surface area contributed by atoms with Crippen molar-refractivity contribution in [3.8, 4) is 0 Å². The van der Waals surface area contributed by atoms with Crippen LogP contribution in [0.1, 0.15) is 27.3 Å². The number of nitrogens with zero attached hydrogens (tertiary/aromatic N) is 4. The summed E-state index contributed by atoms with van der Waals surface area (Å²) in [6.45, 7) is 9.23. The van der Waals surface area contributed by atoms with Gasteiger partial charge < -0.3 is 19.1 Å². The molecule has 8 nitrogen and oxygen atoms in total. The van der Waals surface area contributed by atoms with Gasteiger partial charge in [-0.15, -0.1) is 0 Å². The van der Waals surface area contributed by atoms with Gasteiger partial charge in [-0.2, -0.15) is 4.31 Å². The van der Waals surface area contributed by atoms with E-state index >= 15 is 0 Å². The summed E-state index contributed by atoms with van der Waals surface area (Å²) in [5, 5.41) is 0.660. The van der Waals surface area contributed by atoms with Crippen LogP contribution in [0.2, 0.25) is 5.02 Å². The number of ether oxygens (including phenoxy) is 1. The second kappa shape index (κ2) is 9.29. The lowest BCUT2D eigenvalue weighted by Crippen LogP contribution is -2.49. The van der Waals surface area contributed by atoms with Crippen LogP contribution in [0.25, 0.3) is 0 Å². The summed E-state index contributed by atoms with van der Waals surface area (Å²) in [7, 11) is -2.05. The van der Waals surface area contributed by atoms with Gasteiger partial charge in [0.25, 0.3) is 5.91 Å². The predicted octanol–water partition coefficient (Wildman–Crippen LogP) is 2.59. The molecule has 0 N–H and O–H groups in total. The molecule has 180 valence electrons. The molecule has 1 aromatic carbocycles. The lowest BCUT2D eigenvalue weighted by molar-refractivity contribution is 0.0300. The zero-order chi connectivity index (χ0) is 23.9. The Labute approximate surface area is 200 Å². The summed E-state index contributed by atoms with van der Waals surface area (Å²) < 4.78 is 36.3. The number of amides is 1. The Balaban J connectivity index is 1.62. The fourth-order valence-corrected chi connectivity index (χ4v) is 6.70. The van der Waals surface area contributed by atoms with Crippen molar-refractivity contribution in [3.63, 3.8) is 0 Å². The summed E-state index contributed by atoms with van der Waals surface area (Å²) in [6.07, 6.45) is 0. The van der Waals surface area contributed by atoms with Crippen LogP contribution < -0.4 is 4.90 Å². The molecule has 0 radical (unpaired) electrons. The minimum absolute atomic E-state index is 0.131. The number of morpholine rings is 1. The fraction of sp³-hybridized carbons (Fsp3) is 0.522. The van der Waals surface area contributed by atoms with Crippen LogP contribution in [0.15, 0.2) is 23.1 Å². The molecule has 2 saturated heterocycles. The van der Waals surface area contributed by atoms with Gasteiger partial charge in [0.05, 0.1) is 18.8 Å². The van der Waals surface area contributed by atoms with Crippen molar-refractivity contribution >= 4 is 33.2 Å². The minimum Gasteiger partial charge on any atom is -0.378 e. The normalized spacial score (nSPS) is 18.1. The SMILES string of the molecule is Cc1ccc(Cl)cc1N1CCN(S(=O)(=O)c2c(C(=O)N3CCOCC3)c(C)n(C)c2C)CC1. The zero-order valence-corrected chi connectivity index (χ0v) is 21.2. The molecule has 4 rings (SSSR count). The predicted molar refractivity (Wildman–Crippen MR) is 129 cm³/mol. The molecule has 10 heteroatoms. The van der Waals surface area contributed by atoms with Crippen LogP contribution >= 0.6 is 11.6 Å². The molecule has 0 atom stereocenters. The molecule has 1 amide bonds. The Kier molecular flexibility index (Phi) is 6.77. The van der Waals surface area contributed by atoms with E-state index < -0.39 is 10.0 Å². The van der Waals surface area contributed by atoms with E-state index in [1.807, 2.05) is 25.1 Å². The average molecular weight is 495 g/mol. The summed E-state index contributed by atoms with van der Waals surface area (Å²) >= 11 is 6.18. The Morgan fingerprint density at radius 1 is 0.970 bits per heavy atom. The Morgan fingerprint density at radius 3 is 2.24 bits per heavy atom. The number of rotatable bonds is 4. The van der Waals surface area contributed by atoms with Gasteiger partial charge in [-0.25, -0.2) is 8.42 Å². The molecule has 0 saturated carbocycles. The molecule has 2 aromatic rings. The Morgan fingerprint density at radius 2 is 1.61 bits per heavy atom. The van der Waals surface area contributed by atoms with Crippen molar-refractivity contribution in [3.05, 3.63) is 45.7 Å². The highest BCUT2D eigenvalue weighted by molar-refractivity contribution is 7.89. The van der Waals surface area contributed by atoms with Gasteiger partial charge in [0, 0.05) is 68.4 Å². The minimum atomic E-state index is -3.85. The first-order chi connectivity index (χ1) is 15.6. The van der Waals surface area contributed by atoms with Crippen LogP contribution in [-0.4, -0.2) is 80.6 Å². The third kappa shape index (κ3) is 4.39. The van der Waals surface area contributed by atoms with Crippen LogP contribution in [-0.2, 0) is 21.8 Å². The number of sulfonamides is 1. The molecule has 0 spiro atoms. The summed E-state index contributed by atoms with van der Waals surface area (Å²) in [5.41, 5.74) is 3.65. The number of aryl methyl sites for hydroxylation is 1. The molecule has 3 heterocycles. The van der Waals surface area contributed by atoms with Crippen molar-refractivity contribution in [1.29, 1.82) is 0 Å². The van der Waals surface area contributed by atoms with Crippen molar-refractivity contribution < 1.29 is 17.9 Å². The number of hydrogen-bond donors (Lipinski definition) is 0. The van der Waals surface area contributed by atoms with Crippen molar-refractivity contribution in [2.24, 2.45) is 7.05 Å². The molecular weight excluding hydrogens is 464 g/mol. The van der Waals surface area contributed by atoms with E-state index in [4.69, 9.17) is 16.3 Å². The number of aromatic nitrogens is 1. The molecular formula is C23H31ClN4O4S. The maximum atomic E-state index is 13.8. The van der Waals surface area contributed by atoms with E-state index in [0.717, 1.165) is 11.3 Å². The van der Waals surface area contributed by atoms with E-state index in [2.05, 4.69) is 4.90 Å². The van der Waals surface area contributed by atoms with Crippen LogP contribution in [0.5, 0.6) is 0 Å². The monoisotopic (exact) mass is 494 g/mol. The number of carbonyl (C=O) groups is 1. The van der Waals surface area contributed by atoms with E-state index in [1.165, 1.54) is 4.31 Å². The van der Waals surface area contributed by atoms with Gasteiger partial charge in [0.2, 0.25) is 10.0 Å². The highest BCUT2D eigenvalue weighted by atomic mass is 35.5. The van der Waals surface area contributed by atoms with Gasteiger partial charge in [-0.3, -0.25) is 4.79 Å². The Hall–Kier alpha value is -2.07. The van der Waals surface area contributed by atoms with E-state index in [-0.39, 0.29) is 16.4 Å². The van der Waals surface area contributed by atoms with Gasteiger partial charge in [-0.05, 0) is 38.5 Å². The number of halogens is 1. The summed E-state index contributed by atoms with van der Waals surface area (Å²) in [6, 6.07) is 5.75. The molecule has 2 fully saturated rings. The highest BCUT2D eigenvalue weighted by Crippen LogP contribution is 2.32. The van der Waals surface area contributed by atoms with Gasteiger partial charge in [0.15, 0.2) is 0 Å². The summed E-state index contributed by atoms with van der Waals surface area (Å²) in [4.78, 5) is 17.4. The third-order valence-corrected chi connectivity index (χ3v) is 9.08. The van der Waals surface area contributed by atoms with Gasteiger partial charge in [-0.1, -0.05) is 17.7 Å². The topological polar surface area (TPSA) is 75.1 Å². The fourth-order valence-electron chi connectivity index (χ4n) is 4.63. The lowest BCUT2D eigenvalue weighted by Gasteiger charge is -2.36. The number of piperazine rings is 1. The number of anilines is 1. The Bertz CT molecular complexity index is 1160. The van der Waals surface area contributed by atoms with Crippen LogP contribution in [0.4, 0.5) is 5.69 Å². The second-order valence-corrected chi connectivity index (χ2v) is 11.0. The smallest absolute Gasteiger partial charge is 0.257 e. The average Bonchev–Trinajstić information content (AvgIpc) is 3.05. The number of hydrogen-bond acceptors (Lipinski definition) is 5. The van der Waals surface area contributed by atoms with E-state index in [1.54, 1.807) is 30.4 Å². The number of carbonyl (C=O) groups excluding carboxylic acids is 1. The first-order valence-electron chi connectivity index (χ1n) is 11.2. The lowest BCUT2D eigenvalue weighted by atomic mass is 10.1. The van der Waals surface area contributed by atoms with Crippen molar-refractivity contribution in [2.75, 3.05) is 57.4 Å². The molecule has 1 aromatic heterocycles. The van der Waals surface area contributed by atoms with Crippen molar-refractivity contribution in [2.45, 2.75) is 25.7 Å². The van der Waals surface area contributed by atoms with E-state index in [9.17, 15) is 13.2 Å². The molecule has 2 aliphatic heterocycles. The first kappa shape index (κ1) is 24.1. The molecule has 0 aliphatic carbocycles. The molecule has 0 bridgehead atoms. The largest absolute Gasteiger partial charge is 0.378 e. The maximum absolute atomic E-state index is 13.8. The third-order valence-electron chi connectivity index (χ3n) is 6.78. The maximum Gasteiger partial charge on any atom is 0.257 e. The molecule has 2 aliphatic rings. The zero-order valence-electron chi connectivity index (χ0n) is 19.6. The molecule has 0 unspecified atom stereocenters. The highest BCUT2D eigenvalue weighted by Gasteiger charge is 2.38. The van der Waals surface area contributed by atoms with Crippen molar-refractivity contribution in [1.82, 2.24) is 13.8 Å². The van der Waals surface area contributed by atoms with Crippen LogP contribution in [0, 0.1) is 20.8 Å². The van der Waals surface area contributed by atoms with E-state index in [0.29, 0.717) is 68.9 Å². The standard InChI is InChI=1S/C23H31ClN4O4S/c1-16-5-6-19(24)15-20(16)26-7-9-28(10-8-26)33(30,31)22-18(3)25(4)17(2)21(22)23(29)27-11-13-32-14-12-27/h5-6,15H,7-14H2,1-4H3. The van der Waals surface area contributed by atoms with Gasteiger partial charge in [0.1, 0.15) is 4.90 Å². The quantitative estimate of drug-likeness (QED) is 0.653. The second-order valence-electron chi connectivity index (χ2n) is 8.66. The van der Waals surface area contributed by atoms with Gasteiger partial charge >= 0.3 is 0 Å². The first-order valence-corrected chi connectivity index (χ1v) is 13.0. The molecule has 33 heavy (non-hydrogen) atoms.